The van der Waals surface area contributed by atoms with Gasteiger partial charge in [-0.15, -0.1) is 0 Å². The Labute approximate surface area is 244 Å². The largest absolute Gasteiger partial charge is 0.433 e. The van der Waals surface area contributed by atoms with Gasteiger partial charge in [0.15, 0.2) is 11.6 Å². The van der Waals surface area contributed by atoms with E-state index >= 15 is 0 Å². The van der Waals surface area contributed by atoms with Crippen LogP contribution >= 0.6 is 0 Å². The first-order valence-electron chi connectivity index (χ1n) is 15.4. The molecule has 0 bridgehead atoms. The third-order valence-corrected chi connectivity index (χ3v) is 8.88. The van der Waals surface area contributed by atoms with E-state index in [1.807, 2.05) is 10.9 Å². The fraction of sp³-hybridized carbons (Fsp3) is 0.594. The van der Waals surface area contributed by atoms with Crippen LogP contribution in [0.2, 0.25) is 0 Å². The molecular weight excluding hydrogens is 516 g/mol. The Balaban J connectivity index is 1.44. The zero-order chi connectivity index (χ0) is 28.8. The lowest BCUT2D eigenvalue weighted by molar-refractivity contribution is 0.0206. The summed E-state index contributed by atoms with van der Waals surface area (Å²) in [5.41, 5.74) is 9.06. The number of hydrogen-bond donors (Lipinski definition) is 2. The van der Waals surface area contributed by atoms with Gasteiger partial charge in [-0.25, -0.2) is 9.97 Å². The number of nitrogens with two attached hydrogens (primary N) is 1. The van der Waals surface area contributed by atoms with Gasteiger partial charge in [0.05, 0.1) is 35.9 Å². The minimum atomic E-state index is -0.895. The Bertz CT molecular complexity index is 1280. The van der Waals surface area contributed by atoms with Crippen LogP contribution in [0.3, 0.4) is 0 Å². The first kappa shape index (κ1) is 29.5. The fourth-order valence-electron chi connectivity index (χ4n) is 6.07. The summed E-state index contributed by atoms with van der Waals surface area (Å²) in [7, 11) is 2.15. The van der Waals surface area contributed by atoms with Crippen molar-refractivity contribution in [2.24, 2.45) is 0 Å². The number of benzene rings is 1. The third-order valence-electron chi connectivity index (χ3n) is 8.88. The lowest BCUT2D eigenvalue weighted by Crippen LogP contribution is -2.31. The van der Waals surface area contributed by atoms with Crippen molar-refractivity contribution in [1.82, 2.24) is 24.6 Å². The Morgan fingerprint density at radius 2 is 1.85 bits per heavy atom. The number of piperidine rings is 1. The van der Waals surface area contributed by atoms with Crippen molar-refractivity contribution < 1.29 is 14.6 Å². The maximum atomic E-state index is 11.8. The van der Waals surface area contributed by atoms with Gasteiger partial charge in [0.25, 0.3) is 5.88 Å². The number of aliphatic hydroxyl groups is 1. The van der Waals surface area contributed by atoms with Crippen molar-refractivity contribution in [2.45, 2.75) is 89.2 Å². The van der Waals surface area contributed by atoms with Gasteiger partial charge in [-0.3, -0.25) is 4.68 Å². The monoisotopic (exact) mass is 562 g/mol. The summed E-state index contributed by atoms with van der Waals surface area (Å²) >= 11 is 0. The fourth-order valence-corrected chi connectivity index (χ4v) is 6.07. The molecule has 0 saturated carbocycles. The highest BCUT2D eigenvalue weighted by atomic mass is 16.5. The Hall–Kier alpha value is -3.01. The van der Waals surface area contributed by atoms with E-state index in [-0.39, 0.29) is 11.7 Å². The molecule has 1 unspecified atom stereocenters. The molecule has 9 heteroatoms. The summed E-state index contributed by atoms with van der Waals surface area (Å²) in [6, 6.07) is 6.82. The average molecular weight is 563 g/mol. The molecule has 2 aliphatic rings. The van der Waals surface area contributed by atoms with Gasteiger partial charge in [-0.1, -0.05) is 39.2 Å². The number of ether oxygens (including phenoxy) is 2. The highest BCUT2D eigenvalue weighted by molar-refractivity contribution is 5.64. The van der Waals surface area contributed by atoms with Crippen LogP contribution in [-0.2, 0) is 10.3 Å². The van der Waals surface area contributed by atoms with Crippen molar-refractivity contribution in [3.63, 3.8) is 0 Å². The van der Waals surface area contributed by atoms with E-state index < -0.39 is 5.60 Å². The van der Waals surface area contributed by atoms with Crippen LogP contribution in [0.1, 0.15) is 94.7 Å². The molecular formula is C32H46N6O3. The summed E-state index contributed by atoms with van der Waals surface area (Å²) in [5.74, 6) is 1.46. The molecule has 2 saturated heterocycles. The summed E-state index contributed by atoms with van der Waals surface area (Å²) in [6.45, 7) is 7.87. The van der Waals surface area contributed by atoms with Gasteiger partial charge in [-0.05, 0) is 87.8 Å². The van der Waals surface area contributed by atoms with Gasteiger partial charge < -0.3 is 25.2 Å². The Kier molecular flexibility index (Phi) is 9.57. The minimum absolute atomic E-state index is 0.228. The molecule has 0 aliphatic carbocycles. The topological polar surface area (TPSA) is 112 Å². The summed E-state index contributed by atoms with van der Waals surface area (Å²) in [6.07, 6.45) is 14.0. The first-order chi connectivity index (χ1) is 19.9. The van der Waals surface area contributed by atoms with E-state index in [1.165, 1.54) is 5.56 Å². The highest BCUT2D eigenvalue weighted by Crippen LogP contribution is 2.38. The molecule has 4 heterocycles. The number of likely N-dealkylation sites (tertiary alicyclic amines) is 1. The second kappa shape index (κ2) is 13.3. The molecule has 0 amide bonds. The van der Waals surface area contributed by atoms with Gasteiger partial charge in [0.1, 0.15) is 0 Å². The number of nitrogens with zero attached hydrogens (tertiary/aromatic N) is 5. The maximum Gasteiger partial charge on any atom is 0.263 e. The molecule has 2 fully saturated rings. The van der Waals surface area contributed by atoms with Gasteiger partial charge >= 0.3 is 0 Å². The van der Waals surface area contributed by atoms with Gasteiger partial charge in [-0.2, -0.15) is 5.10 Å². The summed E-state index contributed by atoms with van der Waals surface area (Å²) in [4.78, 5) is 11.6. The average Bonchev–Trinajstić information content (AvgIpc) is 3.47. The van der Waals surface area contributed by atoms with Crippen LogP contribution in [0.4, 0.5) is 5.82 Å². The molecule has 2 aliphatic heterocycles. The second-order valence-corrected chi connectivity index (χ2v) is 11.8. The predicted octanol–water partition coefficient (Wildman–Crippen LogP) is 6.05. The molecule has 9 nitrogen and oxygen atoms in total. The van der Waals surface area contributed by atoms with Gasteiger partial charge in [0, 0.05) is 18.8 Å². The Morgan fingerprint density at radius 1 is 1.07 bits per heavy atom. The first-order valence-corrected chi connectivity index (χ1v) is 15.4. The molecule has 1 atom stereocenters. The molecule has 41 heavy (non-hydrogen) atoms. The number of anilines is 1. The van der Waals surface area contributed by atoms with E-state index in [4.69, 9.17) is 20.2 Å². The quantitative estimate of drug-likeness (QED) is 0.272. The number of nitrogen functional groups attached to an aromatic ring is 1. The van der Waals surface area contributed by atoms with Crippen molar-refractivity contribution in [1.29, 1.82) is 0 Å². The zero-order valence-electron chi connectivity index (χ0n) is 24.9. The van der Waals surface area contributed by atoms with Crippen molar-refractivity contribution >= 4 is 5.82 Å². The molecule has 222 valence electrons. The second-order valence-electron chi connectivity index (χ2n) is 11.8. The predicted molar refractivity (Wildman–Crippen MR) is 161 cm³/mol. The molecule has 0 spiro atoms. The number of hydrogen-bond acceptors (Lipinski definition) is 8. The summed E-state index contributed by atoms with van der Waals surface area (Å²) < 4.78 is 13.8. The van der Waals surface area contributed by atoms with Crippen LogP contribution in [0.15, 0.2) is 36.8 Å². The lowest BCUT2D eigenvalue weighted by Gasteiger charge is -2.30. The van der Waals surface area contributed by atoms with Crippen molar-refractivity contribution in [3.05, 3.63) is 47.9 Å². The third kappa shape index (κ3) is 7.08. The number of aromatic nitrogens is 4. The molecule has 1 aromatic carbocycles. The molecule has 3 N–H and O–H groups in total. The summed E-state index contributed by atoms with van der Waals surface area (Å²) in [5, 5.41) is 16.4. The highest BCUT2D eigenvalue weighted by Gasteiger charge is 2.29. The van der Waals surface area contributed by atoms with E-state index in [9.17, 15) is 5.11 Å². The number of rotatable bonds is 11. The van der Waals surface area contributed by atoms with E-state index in [2.05, 4.69) is 54.1 Å². The van der Waals surface area contributed by atoms with Crippen LogP contribution in [0.25, 0.3) is 11.3 Å². The number of unbranched alkanes of at least 4 members (excludes halogenated alkanes) is 2. The van der Waals surface area contributed by atoms with Crippen LogP contribution in [-0.4, -0.2) is 63.1 Å². The van der Waals surface area contributed by atoms with Gasteiger partial charge in [0.2, 0.25) is 0 Å². The van der Waals surface area contributed by atoms with E-state index in [1.54, 1.807) is 12.4 Å². The zero-order valence-corrected chi connectivity index (χ0v) is 24.9. The minimum Gasteiger partial charge on any atom is -0.433 e. The molecule has 3 aromatic rings. The molecule has 5 rings (SSSR count). The standard InChI is InChI=1S/C32H46N6O3/c1-4-6-7-12-32(39,5-2)26-18-24(23-10-15-40-16-11-23)17-25(19-26)29-21-34-30(33)31(36-29)41-28-20-35-38(22-28)27-8-13-37(3)14-9-27/h17-23,27,39H,4-16H2,1-3H3,(H2,33,34). The van der Waals surface area contributed by atoms with Crippen LogP contribution < -0.4 is 10.5 Å². The normalized spacial score (nSPS) is 18.8. The maximum absolute atomic E-state index is 11.8. The lowest BCUT2D eigenvalue weighted by atomic mass is 9.81. The Morgan fingerprint density at radius 3 is 2.59 bits per heavy atom. The van der Waals surface area contributed by atoms with Crippen LogP contribution in [0, 0.1) is 0 Å². The SMILES string of the molecule is CCCCCC(O)(CC)c1cc(-c2cnc(N)c(Oc3cnn(C4CCN(C)CC4)c3)n2)cc(C2CCOCC2)c1. The van der Waals surface area contributed by atoms with Crippen molar-refractivity contribution in [2.75, 3.05) is 39.1 Å². The van der Waals surface area contributed by atoms with Crippen molar-refractivity contribution in [3.8, 4) is 22.9 Å². The smallest absolute Gasteiger partial charge is 0.263 e. The molecule has 0 radical (unpaired) electrons. The van der Waals surface area contributed by atoms with E-state index in [0.29, 0.717) is 29.8 Å². The van der Waals surface area contributed by atoms with E-state index in [0.717, 1.165) is 88.8 Å². The molecule has 2 aromatic heterocycles. The van der Waals surface area contributed by atoms with Crippen LogP contribution in [0.5, 0.6) is 11.6 Å².